The third-order valence-corrected chi connectivity index (χ3v) is 7.54. The van der Waals surface area contributed by atoms with Crippen LogP contribution in [0.25, 0.3) is 0 Å². The molecule has 5 heteroatoms. The van der Waals surface area contributed by atoms with Crippen molar-refractivity contribution in [2.75, 3.05) is 0 Å². The smallest absolute Gasteiger partial charge is 0.452 e. The number of hydrogen-bond acceptors (Lipinski definition) is 1. The van der Waals surface area contributed by atoms with Gasteiger partial charge in [0.25, 0.3) is 0 Å². The lowest BCUT2D eigenvalue weighted by Crippen LogP contribution is -2.29. The van der Waals surface area contributed by atoms with Crippen LogP contribution < -0.4 is 4.74 Å². The number of ether oxygens (including phenoxy) is 1. The number of rotatable bonds is 9. The molecule has 0 radical (unpaired) electrons. The third kappa shape index (κ3) is 7.68. The Labute approximate surface area is 184 Å². The number of unbranched alkanes of at least 4 members (excludes halogenated alkanes) is 1. The lowest BCUT2D eigenvalue weighted by Gasteiger charge is -2.32. The molecule has 2 aliphatic carbocycles. The van der Waals surface area contributed by atoms with Gasteiger partial charge in [-0.2, -0.15) is 17.6 Å². The highest BCUT2D eigenvalue weighted by molar-refractivity contribution is 5.30. The summed E-state index contributed by atoms with van der Waals surface area (Å²) < 4.78 is 54.3. The normalized spacial score (nSPS) is 28.3. The molecule has 0 spiro atoms. The minimum absolute atomic E-state index is 0.0769. The van der Waals surface area contributed by atoms with Gasteiger partial charge in [-0.1, -0.05) is 70.4 Å². The molecule has 3 unspecified atom stereocenters. The summed E-state index contributed by atoms with van der Waals surface area (Å²) in [6, 6.07) is 6.50. The lowest BCUT2D eigenvalue weighted by atomic mass is 9.73. The van der Waals surface area contributed by atoms with Gasteiger partial charge in [0.05, 0.1) is 0 Å². The van der Waals surface area contributed by atoms with Crippen molar-refractivity contribution in [3.8, 4) is 5.75 Å². The summed E-state index contributed by atoms with van der Waals surface area (Å²) >= 11 is 0. The van der Waals surface area contributed by atoms with Crippen LogP contribution in [-0.4, -0.2) is 12.5 Å². The van der Waals surface area contributed by atoms with Gasteiger partial charge in [-0.3, -0.25) is 0 Å². The van der Waals surface area contributed by atoms with Gasteiger partial charge in [-0.05, 0) is 73.5 Å². The molecule has 0 saturated heterocycles. The van der Waals surface area contributed by atoms with E-state index >= 15 is 0 Å². The Bertz CT molecular complexity index is 634. The Morgan fingerprint density at radius 2 is 1.48 bits per heavy atom. The number of benzene rings is 1. The molecule has 1 aromatic carbocycles. The summed E-state index contributed by atoms with van der Waals surface area (Å²) in [6.45, 7) is 2.28. The monoisotopic (exact) mass is 442 g/mol. The zero-order valence-electron chi connectivity index (χ0n) is 18.8. The number of alkyl halides is 4. The summed E-state index contributed by atoms with van der Waals surface area (Å²) in [5, 5.41) is 0. The predicted molar refractivity (Wildman–Crippen MR) is 117 cm³/mol. The van der Waals surface area contributed by atoms with E-state index in [1.54, 1.807) is 12.1 Å². The van der Waals surface area contributed by atoms with Gasteiger partial charge in [0.15, 0.2) is 0 Å². The fourth-order valence-electron chi connectivity index (χ4n) is 5.68. The molecule has 0 N–H and O–H groups in total. The van der Waals surface area contributed by atoms with E-state index in [1.165, 1.54) is 82.8 Å². The molecule has 0 aliphatic heterocycles. The Balaban J connectivity index is 1.38. The standard InChI is InChI=1S/C26H38F4O/c1-2-3-5-20-6-4-7-21(18-20)9-8-19-10-12-22(13-11-19)23-14-16-24(17-15-23)31-25(27)26(28,29)30/h14-17,19-22,25H,2-13,18H2,1H3. The van der Waals surface area contributed by atoms with Gasteiger partial charge in [-0.15, -0.1) is 0 Å². The Kier molecular flexibility index (Phi) is 9.09. The Hall–Kier alpha value is -1.26. The van der Waals surface area contributed by atoms with E-state index in [2.05, 4.69) is 11.7 Å². The highest BCUT2D eigenvalue weighted by atomic mass is 19.4. The van der Waals surface area contributed by atoms with Crippen LogP contribution >= 0.6 is 0 Å². The van der Waals surface area contributed by atoms with Crippen LogP contribution in [-0.2, 0) is 0 Å². The van der Waals surface area contributed by atoms with Crippen molar-refractivity contribution >= 4 is 0 Å². The van der Waals surface area contributed by atoms with Crippen LogP contribution in [0.2, 0.25) is 0 Å². The molecule has 31 heavy (non-hydrogen) atoms. The van der Waals surface area contributed by atoms with Crippen molar-refractivity contribution in [2.24, 2.45) is 17.8 Å². The highest BCUT2D eigenvalue weighted by Crippen LogP contribution is 2.41. The van der Waals surface area contributed by atoms with Crippen LogP contribution in [0.15, 0.2) is 24.3 Å². The molecule has 1 aromatic rings. The first-order valence-electron chi connectivity index (χ1n) is 12.3. The largest absolute Gasteiger partial charge is 0.457 e. The Morgan fingerprint density at radius 3 is 2.10 bits per heavy atom. The molecule has 3 atom stereocenters. The first kappa shape index (κ1) is 24.4. The zero-order chi connectivity index (χ0) is 22.3. The van der Waals surface area contributed by atoms with E-state index in [9.17, 15) is 17.6 Å². The van der Waals surface area contributed by atoms with Gasteiger partial charge in [0.1, 0.15) is 5.75 Å². The average Bonchev–Trinajstić information content (AvgIpc) is 2.77. The van der Waals surface area contributed by atoms with Crippen molar-refractivity contribution in [1.82, 2.24) is 0 Å². The molecular formula is C26H38F4O. The van der Waals surface area contributed by atoms with Crippen LogP contribution in [0.3, 0.4) is 0 Å². The maximum Gasteiger partial charge on any atom is 0.457 e. The summed E-state index contributed by atoms with van der Waals surface area (Å²) in [7, 11) is 0. The predicted octanol–water partition coefficient (Wildman–Crippen LogP) is 8.97. The number of halogens is 4. The molecule has 176 valence electrons. The molecular weight excluding hydrogens is 404 g/mol. The maximum atomic E-state index is 13.0. The first-order valence-corrected chi connectivity index (χ1v) is 12.3. The van der Waals surface area contributed by atoms with Crippen LogP contribution in [0.4, 0.5) is 17.6 Å². The van der Waals surface area contributed by atoms with E-state index in [-0.39, 0.29) is 5.75 Å². The summed E-state index contributed by atoms with van der Waals surface area (Å²) in [4.78, 5) is 0. The zero-order valence-corrected chi connectivity index (χ0v) is 18.8. The maximum absolute atomic E-state index is 13.0. The summed E-state index contributed by atoms with van der Waals surface area (Å²) in [5.74, 6) is 3.07. The van der Waals surface area contributed by atoms with Crippen LogP contribution in [0.5, 0.6) is 5.75 Å². The second-order valence-corrected chi connectivity index (χ2v) is 9.88. The second kappa shape index (κ2) is 11.6. The van der Waals surface area contributed by atoms with Crippen LogP contribution in [0, 0.1) is 17.8 Å². The van der Waals surface area contributed by atoms with Crippen molar-refractivity contribution in [2.45, 2.75) is 109 Å². The van der Waals surface area contributed by atoms with Gasteiger partial charge < -0.3 is 4.74 Å². The van der Waals surface area contributed by atoms with Crippen LogP contribution in [0.1, 0.15) is 102 Å². The molecule has 3 rings (SSSR count). The summed E-state index contributed by atoms with van der Waals surface area (Å²) in [5.41, 5.74) is 1.12. The van der Waals surface area contributed by atoms with E-state index in [0.717, 1.165) is 36.2 Å². The molecule has 2 fully saturated rings. The quantitative estimate of drug-likeness (QED) is 0.347. The van der Waals surface area contributed by atoms with Gasteiger partial charge >= 0.3 is 12.5 Å². The van der Waals surface area contributed by atoms with Gasteiger partial charge in [0, 0.05) is 0 Å². The van der Waals surface area contributed by atoms with E-state index in [4.69, 9.17) is 0 Å². The van der Waals surface area contributed by atoms with E-state index in [1.807, 2.05) is 0 Å². The number of hydrogen-bond donors (Lipinski definition) is 0. The molecule has 0 heterocycles. The highest BCUT2D eigenvalue weighted by Gasteiger charge is 2.42. The molecule has 2 saturated carbocycles. The summed E-state index contributed by atoms with van der Waals surface area (Å²) in [6.07, 6.45) is 9.00. The minimum Gasteiger partial charge on any atom is -0.452 e. The molecule has 1 nitrogen and oxygen atoms in total. The van der Waals surface area contributed by atoms with E-state index < -0.39 is 12.5 Å². The van der Waals surface area contributed by atoms with Crippen molar-refractivity contribution in [3.63, 3.8) is 0 Å². The second-order valence-electron chi connectivity index (χ2n) is 9.88. The average molecular weight is 443 g/mol. The molecule has 0 aromatic heterocycles. The fraction of sp³-hybridized carbons (Fsp3) is 0.769. The van der Waals surface area contributed by atoms with E-state index in [0.29, 0.717) is 5.92 Å². The molecule has 0 amide bonds. The molecule has 0 bridgehead atoms. The molecule has 2 aliphatic rings. The first-order chi connectivity index (χ1) is 14.8. The lowest BCUT2D eigenvalue weighted by molar-refractivity contribution is -0.236. The van der Waals surface area contributed by atoms with Crippen molar-refractivity contribution in [1.29, 1.82) is 0 Å². The topological polar surface area (TPSA) is 9.23 Å². The van der Waals surface area contributed by atoms with Crippen molar-refractivity contribution in [3.05, 3.63) is 29.8 Å². The van der Waals surface area contributed by atoms with Crippen molar-refractivity contribution < 1.29 is 22.3 Å². The fourth-order valence-corrected chi connectivity index (χ4v) is 5.68. The third-order valence-electron chi connectivity index (χ3n) is 7.54. The van der Waals surface area contributed by atoms with Gasteiger partial charge in [0.2, 0.25) is 0 Å². The Morgan fingerprint density at radius 1 is 0.871 bits per heavy atom. The SMILES string of the molecule is CCCCC1CCCC(CCC2CCC(c3ccc(OC(F)C(F)(F)F)cc3)CC2)C1. The minimum atomic E-state index is -4.99. The van der Waals surface area contributed by atoms with Gasteiger partial charge in [-0.25, -0.2) is 0 Å².